The monoisotopic (exact) mass is 1370 g/mol. The zero-order valence-corrected chi connectivity index (χ0v) is 62.7. The number of hydrogen-bond acceptors (Lipinski definition) is 15. The molecule has 93 heavy (non-hydrogen) atoms. The quantitative estimate of drug-likeness (QED) is 0.0222. The number of carbonyl (C=O) groups excluding carboxylic acids is 4. The third-order valence-electron chi connectivity index (χ3n) is 17.1. The molecule has 0 amide bonds. The summed E-state index contributed by atoms with van der Waals surface area (Å²) in [6.45, 7) is 14.1. The van der Waals surface area contributed by atoms with Crippen molar-refractivity contribution < 1.29 is 80.2 Å². The molecule has 0 aliphatic carbocycles. The first-order valence-electron chi connectivity index (χ1n) is 38.2. The summed E-state index contributed by atoms with van der Waals surface area (Å²) in [4.78, 5) is 72.6. The number of esters is 4. The summed E-state index contributed by atoms with van der Waals surface area (Å²) in [7, 11) is -9.91. The molecule has 3 unspecified atom stereocenters. The van der Waals surface area contributed by atoms with E-state index < -0.39 is 97.5 Å². The molecule has 0 bridgehead atoms. The van der Waals surface area contributed by atoms with Crippen LogP contribution in [-0.2, 0) is 65.4 Å². The number of aliphatic hydroxyl groups is 1. The van der Waals surface area contributed by atoms with Gasteiger partial charge in [0.05, 0.1) is 26.4 Å². The van der Waals surface area contributed by atoms with Gasteiger partial charge in [-0.25, -0.2) is 9.13 Å². The minimum atomic E-state index is -4.95. The zero-order valence-electron chi connectivity index (χ0n) is 60.9. The van der Waals surface area contributed by atoms with E-state index in [1.807, 2.05) is 0 Å². The van der Waals surface area contributed by atoms with Crippen LogP contribution in [0.15, 0.2) is 0 Å². The molecule has 0 spiro atoms. The molecule has 17 nitrogen and oxygen atoms in total. The van der Waals surface area contributed by atoms with Crippen molar-refractivity contribution in [3.8, 4) is 0 Å². The van der Waals surface area contributed by atoms with Crippen molar-refractivity contribution in [3.63, 3.8) is 0 Å². The van der Waals surface area contributed by atoms with Gasteiger partial charge in [-0.05, 0) is 49.4 Å². The molecule has 0 heterocycles. The Hall–Kier alpha value is -1.94. The topological polar surface area (TPSA) is 237 Å². The van der Waals surface area contributed by atoms with E-state index >= 15 is 0 Å². The lowest BCUT2D eigenvalue weighted by molar-refractivity contribution is -0.161. The smallest absolute Gasteiger partial charge is 0.462 e. The normalized spacial score (nSPS) is 14.2. The number of aliphatic hydroxyl groups excluding tert-OH is 1. The van der Waals surface area contributed by atoms with Crippen molar-refractivity contribution in [2.24, 2.45) is 23.7 Å². The van der Waals surface area contributed by atoms with Crippen molar-refractivity contribution in [2.75, 3.05) is 39.6 Å². The predicted octanol–water partition coefficient (Wildman–Crippen LogP) is 21.3. The Morgan fingerprint density at radius 3 is 0.667 bits per heavy atom. The number of hydrogen-bond donors (Lipinski definition) is 3. The standard InChI is InChI=1S/C74H144O17P2/c1-64(2)50-42-34-26-19-17-15-13-11-9-10-12-14-16-18-20-30-38-46-54-71(76)84-60-69(90-73(78)56-48-40-32-24-22-28-36-44-52-66(5)6)62-88-92(80,81)86-58-68(75)59-87-93(82,83)89-63-70(91-74(79)57-49-41-33-25-29-37-45-53-67(7)8)61-85-72(77)55-47-39-31-23-21-27-35-43-51-65(3)4/h64-70,75H,9-63H2,1-8H3,(H,80,81)(H,82,83)/t68?,69-,70-/m1/s1. The fraction of sp³-hybridized carbons (Fsp3) is 0.946. The summed E-state index contributed by atoms with van der Waals surface area (Å²) in [5, 5.41) is 10.6. The van der Waals surface area contributed by atoms with Crippen LogP contribution in [0.3, 0.4) is 0 Å². The van der Waals surface area contributed by atoms with Crippen LogP contribution < -0.4 is 0 Å². The van der Waals surface area contributed by atoms with Gasteiger partial charge in [0.1, 0.15) is 19.3 Å². The second kappa shape index (κ2) is 63.5. The Morgan fingerprint density at radius 1 is 0.269 bits per heavy atom. The van der Waals surface area contributed by atoms with E-state index in [0.717, 1.165) is 108 Å². The SMILES string of the molecule is CC(C)CCCCCCCCCCCCCCCCCCCCC(=O)OC[C@H](COP(=O)(O)OCC(O)COP(=O)(O)OC[C@@H](COC(=O)CCCCCCCCCCC(C)C)OC(=O)CCCCCCCCCC(C)C)OC(=O)CCCCCCCCCCC(C)C. The van der Waals surface area contributed by atoms with Gasteiger partial charge in [-0.15, -0.1) is 0 Å². The maximum atomic E-state index is 13.0. The minimum Gasteiger partial charge on any atom is -0.462 e. The van der Waals surface area contributed by atoms with E-state index in [0.29, 0.717) is 31.6 Å². The fourth-order valence-corrected chi connectivity index (χ4v) is 12.8. The van der Waals surface area contributed by atoms with E-state index in [2.05, 4.69) is 55.4 Å². The largest absolute Gasteiger partial charge is 0.472 e. The van der Waals surface area contributed by atoms with E-state index in [-0.39, 0.29) is 25.7 Å². The zero-order chi connectivity index (χ0) is 68.9. The van der Waals surface area contributed by atoms with Crippen molar-refractivity contribution in [3.05, 3.63) is 0 Å². The summed E-state index contributed by atoms with van der Waals surface area (Å²) in [6.07, 6.45) is 47.6. The highest BCUT2D eigenvalue weighted by Crippen LogP contribution is 2.45. The first-order chi connectivity index (χ1) is 44.6. The summed E-state index contributed by atoms with van der Waals surface area (Å²) < 4.78 is 68.3. The molecule has 5 atom stereocenters. The molecule has 0 saturated heterocycles. The molecule has 0 aliphatic heterocycles. The molecule has 0 aromatic heterocycles. The number of unbranched alkanes of at least 4 members (excludes halogenated alkanes) is 37. The Labute approximate surface area is 568 Å². The van der Waals surface area contributed by atoms with Gasteiger partial charge >= 0.3 is 39.5 Å². The lowest BCUT2D eigenvalue weighted by atomic mass is 10.0. The Kier molecular flexibility index (Phi) is 62.2. The average Bonchev–Trinajstić information content (AvgIpc) is 3.15. The van der Waals surface area contributed by atoms with E-state index in [1.165, 1.54) is 173 Å². The molecule has 552 valence electrons. The van der Waals surface area contributed by atoms with Crippen molar-refractivity contribution in [1.82, 2.24) is 0 Å². The molecule has 19 heteroatoms. The molecular formula is C74H144O17P2. The maximum Gasteiger partial charge on any atom is 0.472 e. The van der Waals surface area contributed by atoms with Gasteiger partial charge in [-0.2, -0.15) is 0 Å². The van der Waals surface area contributed by atoms with Gasteiger partial charge in [0.2, 0.25) is 0 Å². The van der Waals surface area contributed by atoms with Crippen molar-refractivity contribution in [1.29, 1.82) is 0 Å². The van der Waals surface area contributed by atoms with Crippen LogP contribution in [0.5, 0.6) is 0 Å². The molecular weight excluding hydrogens is 1220 g/mol. The van der Waals surface area contributed by atoms with Crippen LogP contribution in [0.2, 0.25) is 0 Å². The highest BCUT2D eigenvalue weighted by molar-refractivity contribution is 7.47. The second-order valence-electron chi connectivity index (χ2n) is 28.6. The average molecular weight is 1370 g/mol. The fourth-order valence-electron chi connectivity index (χ4n) is 11.2. The molecule has 0 saturated carbocycles. The summed E-state index contributed by atoms with van der Waals surface area (Å²) in [5.41, 5.74) is 0. The third kappa shape index (κ3) is 68.4. The van der Waals surface area contributed by atoms with Crippen molar-refractivity contribution in [2.45, 2.75) is 388 Å². The highest BCUT2D eigenvalue weighted by Gasteiger charge is 2.30. The first-order valence-corrected chi connectivity index (χ1v) is 41.2. The maximum absolute atomic E-state index is 13.0. The van der Waals surface area contributed by atoms with Crippen LogP contribution in [0, 0.1) is 23.7 Å². The Bertz CT molecular complexity index is 1830. The Morgan fingerprint density at radius 2 is 0.452 bits per heavy atom. The summed E-state index contributed by atoms with van der Waals surface area (Å²) >= 11 is 0. The predicted molar refractivity (Wildman–Crippen MR) is 377 cm³/mol. The number of carbonyl (C=O) groups is 4. The summed E-state index contributed by atoms with van der Waals surface area (Å²) in [5.74, 6) is 0.834. The first kappa shape index (κ1) is 91.1. The van der Waals surface area contributed by atoms with E-state index in [1.54, 1.807) is 0 Å². The summed E-state index contributed by atoms with van der Waals surface area (Å²) in [6, 6.07) is 0. The number of rotatable bonds is 71. The third-order valence-corrected chi connectivity index (χ3v) is 19.0. The van der Waals surface area contributed by atoms with Crippen molar-refractivity contribution >= 4 is 39.5 Å². The van der Waals surface area contributed by atoms with E-state index in [4.69, 9.17) is 37.0 Å². The molecule has 3 N–H and O–H groups in total. The lowest BCUT2D eigenvalue weighted by Gasteiger charge is -2.21. The van der Waals surface area contributed by atoms with Gasteiger partial charge in [-0.3, -0.25) is 37.3 Å². The molecule has 0 aromatic carbocycles. The van der Waals surface area contributed by atoms with Gasteiger partial charge in [0.25, 0.3) is 0 Å². The molecule has 0 aromatic rings. The lowest BCUT2D eigenvalue weighted by Crippen LogP contribution is -2.30. The second-order valence-corrected chi connectivity index (χ2v) is 31.5. The Balaban J connectivity index is 5.14. The van der Waals surface area contributed by atoms with Gasteiger partial charge in [0, 0.05) is 25.7 Å². The number of phosphoric ester groups is 2. The molecule has 0 rings (SSSR count). The molecule has 0 aliphatic rings. The van der Waals surface area contributed by atoms with Gasteiger partial charge in [0.15, 0.2) is 12.2 Å². The van der Waals surface area contributed by atoms with Gasteiger partial charge < -0.3 is 33.8 Å². The van der Waals surface area contributed by atoms with Crippen LogP contribution in [0.1, 0.15) is 370 Å². The molecule has 0 fully saturated rings. The van der Waals surface area contributed by atoms with E-state index in [9.17, 15) is 43.2 Å². The van der Waals surface area contributed by atoms with Crippen LogP contribution in [0.25, 0.3) is 0 Å². The van der Waals surface area contributed by atoms with Crippen LogP contribution >= 0.6 is 15.6 Å². The highest BCUT2D eigenvalue weighted by atomic mass is 31.2. The van der Waals surface area contributed by atoms with Gasteiger partial charge in [-0.1, -0.05) is 319 Å². The van der Waals surface area contributed by atoms with Crippen LogP contribution in [0.4, 0.5) is 0 Å². The number of ether oxygens (including phenoxy) is 4. The minimum absolute atomic E-state index is 0.102. The number of phosphoric acid groups is 2. The molecule has 0 radical (unpaired) electrons. The van der Waals surface area contributed by atoms with Crippen LogP contribution in [-0.4, -0.2) is 96.7 Å².